The summed E-state index contributed by atoms with van der Waals surface area (Å²) in [6, 6.07) is 13.3. The predicted molar refractivity (Wildman–Crippen MR) is 88.0 cm³/mol. The predicted octanol–water partition coefficient (Wildman–Crippen LogP) is 3.53. The fraction of sp³-hybridized carbons (Fsp3) is 0.176. The van der Waals surface area contributed by atoms with Crippen molar-refractivity contribution in [3.8, 4) is 5.75 Å². The van der Waals surface area contributed by atoms with Crippen LogP contribution in [0.25, 0.3) is 0 Å². The van der Waals surface area contributed by atoms with Crippen molar-refractivity contribution in [3.05, 3.63) is 59.1 Å². The molecule has 0 saturated heterocycles. The van der Waals surface area contributed by atoms with Gasteiger partial charge < -0.3 is 14.8 Å². The van der Waals surface area contributed by atoms with Crippen LogP contribution in [0.3, 0.4) is 0 Å². The number of esters is 1. The Balaban J connectivity index is 2.06. The zero-order valence-corrected chi connectivity index (χ0v) is 13.5. The fourth-order valence-electron chi connectivity index (χ4n) is 1.89. The van der Waals surface area contributed by atoms with Gasteiger partial charge in [0.1, 0.15) is 5.75 Å². The molecule has 5 nitrogen and oxygen atoms in total. The number of benzene rings is 2. The lowest BCUT2D eigenvalue weighted by molar-refractivity contribution is -0.122. The number of para-hydroxylation sites is 1. The Kier molecular flexibility index (Phi) is 5.60. The van der Waals surface area contributed by atoms with Crippen LogP contribution in [-0.2, 0) is 9.53 Å². The third kappa shape index (κ3) is 4.47. The van der Waals surface area contributed by atoms with E-state index < -0.39 is 12.1 Å². The summed E-state index contributed by atoms with van der Waals surface area (Å²) < 4.78 is 10.2. The molecule has 23 heavy (non-hydrogen) atoms. The topological polar surface area (TPSA) is 64.6 Å². The lowest BCUT2D eigenvalue weighted by Gasteiger charge is -2.16. The number of halogens is 1. The van der Waals surface area contributed by atoms with Crippen molar-refractivity contribution < 1.29 is 19.1 Å². The quantitative estimate of drug-likeness (QED) is 0.850. The Morgan fingerprint density at radius 1 is 1.09 bits per heavy atom. The lowest BCUT2D eigenvalue weighted by atomic mass is 10.1. The molecule has 0 bridgehead atoms. The Labute approximate surface area is 139 Å². The number of anilines is 1. The maximum atomic E-state index is 12.2. The highest BCUT2D eigenvalue weighted by Gasteiger charge is 2.18. The third-order valence-corrected chi connectivity index (χ3v) is 3.34. The molecule has 0 saturated carbocycles. The van der Waals surface area contributed by atoms with E-state index in [-0.39, 0.29) is 11.5 Å². The number of amides is 1. The fourth-order valence-corrected chi connectivity index (χ4v) is 2.01. The lowest BCUT2D eigenvalue weighted by Crippen LogP contribution is -2.30. The smallest absolute Gasteiger partial charge is 0.339 e. The van der Waals surface area contributed by atoms with E-state index in [4.69, 9.17) is 21.1 Å². The van der Waals surface area contributed by atoms with Crippen LogP contribution in [0.5, 0.6) is 5.75 Å². The van der Waals surface area contributed by atoms with E-state index in [2.05, 4.69) is 5.32 Å². The molecule has 0 aliphatic carbocycles. The van der Waals surface area contributed by atoms with E-state index in [9.17, 15) is 9.59 Å². The van der Waals surface area contributed by atoms with Gasteiger partial charge in [0, 0.05) is 5.02 Å². The summed E-state index contributed by atoms with van der Waals surface area (Å²) >= 11 is 5.80. The summed E-state index contributed by atoms with van der Waals surface area (Å²) in [6.45, 7) is 1.62. The Morgan fingerprint density at radius 2 is 1.74 bits per heavy atom. The molecule has 2 rings (SSSR count). The molecule has 0 spiro atoms. The van der Waals surface area contributed by atoms with Crippen molar-refractivity contribution in [2.75, 3.05) is 12.4 Å². The maximum Gasteiger partial charge on any atom is 0.339 e. The van der Waals surface area contributed by atoms with Crippen LogP contribution in [0.2, 0.25) is 5.02 Å². The minimum absolute atomic E-state index is 0.280. The van der Waals surface area contributed by atoms with Gasteiger partial charge in [-0.2, -0.15) is 0 Å². The number of carbonyl (C=O) groups is 2. The highest BCUT2D eigenvalue weighted by molar-refractivity contribution is 6.30. The first kappa shape index (κ1) is 16.8. The summed E-state index contributed by atoms with van der Waals surface area (Å²) in [5.74, 6) is -0.373. The van der Waals surface area contributed by atoms with Gasteiger partial charge >= 0.3 is 5.97 Å². The number of carbonyl (C=O) groups excluding carboxylic acids is 2. The molecule has 2 aromatic rings. The van der Waals surface area contributed by atoms with Crippen LogP contribution >= 0.6 is 11.6 Å². The van der Waals surface area contributed by atoms with Crippen LogP contribution < -0.4 is 10.1 Å². The molecule has 0 heterocycles. The van der Waals surface area contributed by atoms with Crippen molar-refractivity contribution in [2.24, 2.45) is 0 Å². The molecule has 1 unspecified atom stereocenters. The minimum Gasteiger partial charge on any atom is -0.481 e. The number of ether oxygens (including phenoxy) is 2. The highest BCUT2D eigenvalue weighted by atomic mass is 35.5. The van der Waals surface area contributed by atoms with Crippen LogP contribution in [0, 0.1) is 0 Å². The number of hydrogen-bond acceptors (Lipinski definition) is 4. The van der Waals surface area contributed by atoms with Gasteiger partial charge in [-0.1, -0.05) is 23.7 Å². The van der Waals surface area contributed by atoms with E-state index >= 15 is 0 Å². The first-order valence-electron chi connectivity index (χ1n) is 6.91. The molecule has 0 aromatic heterocycles. The molecule has 2 aromatic carbocycles. The Morgan fingerprint density at radius 3 is 2.39 bits per heavy atom. The summed E-state index contributed by atoms with van der Waals surface area (Å²) in [4.78, 5) is 23.9. The van der Waals surface area contributed by atoms with Gasteiger partial charge in [-0.25, -0.2) is 4.79 Å². The number of methoxy groups -OCH3 is 1. The Hall–Kier alpha value is -2.53. The molecule has 6 heteroatoms. The molecule has 0 aliphatic rings. The summed E-state index contributed by atoms with van der Waals surface area (Å²) in [5.41, 5.74) is 0.651. The van der Waals surface area contributed by atoms with Gasteiger partial charge in [0.2, 0.25) is 0 Å². The van der Waals surface area contributed by atoms with E-state index in [1.165, 1.54) is 7.11 Å². The minimum atomic E-state index is -0.748. The van der Waals surface area contributed by atoms with E-state index in [0.29, 0.717) is 16.5 Å². The second-order valence-corrected chi connectivity index (χ2v) is 5.18. The van der Waals surface area contributed by atoms with Crippen molar-refractivity contribution >= 4 is 29.2 Å². The summed E-state index contributed by atoms with van der Waals surface area (Å²) in [7, 11) is 1.28. The van der Waals surface area contributed by atoms with Crippen molar-refractivity contribution in [1.29, 1.82) is 0 Å². The van der Waals surface area contributed by atoms with Crippen molar-refractivity contribution in [3.63, 3.8) is 0 Å². The van der Waals surface area contributed by atoms with Crippen molar-refractivity contribution in [1.82, 2.24) is 0 Å². The normalized spacial score (nSPS) is 11.4. The van der Waals surface area contributed by atoms with Gasteiger partial charge in [-0.15, -0.1) is 0 Å². The second kappa shape index (κ2) is 7.65. The zero-order valence-electron chi connectivity index (χ0n) is 12.7. The van der Waals surface area contributed by atoms with Crippen LogP contribution in [0.15, 0.2) is 48.5 Å². The second-order valence-electron chi connectivity index (χ2n) is 4.74. The highest BCUT2D eigenvalue weighted by Crippen LogP contribution is 2.19. The van der Waals surface area contributed by atoms with Gasteiger partial charge in [0.25, 0.3) is 5.91 Å². The van der Waals surface area contributed by atoms with Crippen LogP contribution in [-0.4, -0.2) is 25.1 Å². The summed E-state index contributed by atoms with van der Waals surface area (Å²) in [6.07, 6.45) is -0.748. The SMILES string of the molecule is COC(=O)c1ccccc1NC(=O)C(C)Oc1ccc(Cl)cc1. The standard InChI is InChI=1S/C17H16ClNO4/c1-11(23-13-9-7-12(18)8-10-13)16(20)19-15-6-4-3-5-14(15)17(21)22-2/h3-11H,1-2H3,(H,19,20). The van der Waals surface area contributed by atoms with Crippen LogP contribution in [0.1, 0.15) is 17.3 Å². The van der Waals surface area contributed by atoms with E-state index in [0.717, 1.165) is 0 Å². The third-order valence-electron chi connectivity index (χ3n) is 3.09. The first-order chi connectivity index (χ1) is 11.0. The van der Waals surface area contributed by atoms with Crippen molar-refractivity contribution in [2.45, 2.75) is 13.0 Å². The molecule has 1 amide bonds. The van der Waals surface area contributed by atoms with Gasteiger partial charge in [0.15, 0.2) is 6.10 Å². The molecule has 1 atom stereocenters. The maximum absolute atomic E-state index is 12.2. The zero-order chi connectivity index (χ0) is 16.8. The molecule has 120 valence electrons. The molecular weight excluding hydrogens is 318 g/mol. The number of nitrogens with one attached hydrogen (secondary N) is 1. The van der Waals surface area contributed by atoms with Gasteiger partial charge in [0.05, 0.1) is 18.4 Å². The number of rotatable bonds is 5. The molecule has 1 N–H and O–H groups in total. The monoisotopic (exact) mass is 333 g/mol. The number of hydrogen-bond donors (Lipinski definition) is 1. The van der Waals surface area contributed by atoms with E-state index in [1.807, 2.05) is 0 Å². The molecule has 0 aliphatic heterocycles. The first-order valence-corrected chi connectivity index (χ1v) is 7.29. The van der Waals surface area contributed by atoms with Gasteiger partial charge in [-0.05, 0) is 43.3 Å². The van der Waals surface area contributed by atoms with E-state index in [1.54, 1.807) is 55.5 Å². The van der Waals surface area contributed by atoms with Gasteiger partial charge in [-0.3, -0.25) is 4.79 Å². The average Bonchev–Trinajstić information content (AvgIpc) is 2.56. The average molecular weight is 334 g/mol. The Bertz CT molecular complexity index is 700. The summed E-state index contributed by atoms with van der Waals surface area (Å²) in [5, 5.41) is 3.25. The molecule has 0 radical (unpaired) electrons. The molecule has 0 fully saturated rings. The largest absolute Gasteiger partial charge is 0.481 e. The van der Waals surface area contributed by atoms with Crippen LogP contribution in [0.4, 0.5) is 5.69 Å². The molecular formula is C17H16ClNO4.